The normalized spacial score (nSPS) is 12.9. The van der Waals surface area contributed by atoms with E-state index in [-0.39, 0.29) is 0 Å². The number of methoxy groups -OCH3 is 1. The van der Waals surface area contributed by atoms with Crippen molar-refractivity contribution in [3.05, 3.63) is 11.6 Å². The molecule has 2 nitrogen and oxygen atoms in total. The van der Waals surface area contributed by atoms with Crippen LogP contribution < -0.4 is 0 Å². The summed E-state index contributed by atoms with van der Waals surface area (Å²) in [5.41, 5.74) is 1.15. The summed E-state index contributed by atoms with van der Waals surface area (Å²) < 4.78 is 4.95. The van der Waals surface area contributed by atoms with Crippen molar-refractivity contribution in [2.75, 3.05) is 20.8 Å². The second-order valence-electron chi connectivity index (χ2n) is 2.01. The van der Waals surface area contributed by atoms with Crippen LogP contribution in [-0.4, -0.2) is 27.0 Å². The molecule has 0 heterocycles. The van der Waals surface area contributed by atoms with Gasteiger partial charge in [0.05, 0.1) is 6.61 Å². The summed E-state index contributed by atoms with van der Waals surface area (Å²) in [6.45, 7) is 2.75. The second kappa shape index (κ2) is 6.49. The van der Waals surface area contributed by atoms with Crippen LogP contribution in [-0.2, 0) is 4.74 Å². The predicted octanol–water partition coefficient (Wildman–Crippen LogP) is 1.67. The first kappa shape index (κ1) is 9.37. The highest BCUT2D eigenvalue weighted by Gasteiger charge is 1.88. The summed E-state index contributed by atoms with van der Waals surface area (Å²) in [7, 11) is 3.45. The summed E-state index contributed by atoms with van der Waals surface area (Å²) in [5.74, 6) is 0. The molecular weight excluding hydrogens is 126 g/mol. The number of hydrogen-bond acceptors (Lipinski definition) is 2. The highest BCUT2D eigenvalue weighted by molar-refractivity contribution is 5.78. The van der Waals surface area contributed by atoms with Crippen LogP contribution in [0.5, 0.6) is 0 Å². The Hall–Kier alpha value is -0.630. The maximum absolute atomic E-state index is 4.95. The maximum atomic E-state index is 4.95. The molecule has 0 atom stereocenters. The third-order valence-electron chi connectivity index (χ3n) is 1.07. The van der Waals surface area contributed by atoms with Gasteiger partial charge in [0, 0.05) is 20.4 Å². The van der Waals surface area contributed by atoms with E-state index in [1.165, 1.54) is 0 Å². The first-order valence-corrected chi connectivity index (χ1v) is 3.45. The van der Waals surface area contributed by atoms with E-state index >= 15 is 0 Å². The molecule has 0 N–H and O–H groups in total. The molecule has 0 rings (SSSR count). The fourth-order valence-corrected chi connectivity index (χ4v) is 0.744. The Morgan fingerprint density at radius 1 is 1.60 bits per heavy atom. The second-order valence-corrected chi connectivity index (χ2v) is 2.01. The molecule has 0 bridgehead atoms. The zero-order valence-electron chi connectivity index (χ0n) is 6.92. The number of nitrogens with zero attached hydrogens (tertiary/aromatic N) is 1. The first-order valence-electron chi connectivity index (χ1n) is 3.45. The van der Waals surface area contributed by atoms with Crippen LogP contribution in [0.3, 0.4) is 0 Å². The van der Waals surface area contributed by atoms with Gasteiger partial charge in [-0.1, -0.05) is 13.0 Å². The number of allylic oxidation sites excluding steroid dienone is 1. The highest BCUT2D eigenvalue weighted by atomic mass is 16.5. The van der Waals surface area contributed by atoms with Gasteiger partial charge in [-0.25, -0.2) is 0 Å². The molecule has 0 spiro atoms. The van der Waals surface area contributed by atoms with Crippen LogP contribution in [0.2, 0.25) is 0 Å². The van der Waals surface area contributed by atoms with Gasteiger partial charge in [0.15, 0.2) is 0 Å². The fourth-order valence-electron chi connectivity index (χ4n) is 0.744. The molecule has 0 saturated carbocycles. The van der Waals surface area contributed by atoms with Crippen molar-refractivity contribution in [1.82, 2.24) is 0 Å². The van der Waals surface area contributed by atoms with E-state index in [1.807, 2.05) is 6.21 Å². The number of aliphatic imine (C=N–C) groups is 1. The van der Waals surface area contributed by atoms with Gasteiger partial charge >= 0.3 is 0 Å². The molecule has 0 aromatic heterocycles. The Kier molecular flexibility index (Phi) is 6.08. The van der Waals surface area contributed by atoms with Crippen LogP contribution in [0.25, 0.3) is 0 Å². The summed E-state index contributed by atoms with van der Waals surface area (Å²) in [5, 5.41) is 0. The Morgan fingerprint density at radius 3 is 2.70 bits per heavy atom. The van der Waals surface area contributed by atoms with E-state index in [9.17, 15) is 0 Å². The van der Waals surface area contributed by atoms with Crippen molar-refractivity contribution in [1.29, 1.82) is 0 Å². The third-order valence-corrected chi connectivity index (χ3v) is 1.07. The molecule has 0 aliphatic rings. The van der Waals surface area contributed by atoms with E-state index < -0.39 is 0 Å². The van der Waals surface area contributed by atoms with Crippen molar-refractivity contribution >= 4 is 6.21 Å². The van der Waals surface area contributed by atoms with Gasteiger partial charge in [-0.15, -0.1) is 0 Å². The van der Waals surface area contributed by atoms with E-state index in [0.717, 1.165) is 12.0 Å². The van der Waals surface area contributed by atoms with Crippen molar-refractivity contribution in [2.24, 2.45) is 4.99 Å². The molecule has 10 heavy (non-hydrogen) atoms. The van der Waals surface area contributed by atoms with Gasteiger partial charge in [0.1, 0.15) is 0 Å². The monoisotopic (exact) mass is 141 g/mol. The van der Waals surface area contributed by atoms with Gasteiger partial charge in [0.25, 0.3) is 0 Å². The number of rotatable bonds is 4. The fraction of sp³-hybridized carbons (Fsp3) is 0.625. The Bertz CT molecular complexity index is 127. The summed E-state index contributed by atoms with van der Waals surface area (Å²) in [6, 6.07) is 0. The molecule has 0 aromatic carbocycles. The molecule has 0 radical (unpaired) electrons. The Labute approximate surface area is 62.6 Å². The number of ether oxygens (including phenoxy) is 1. The van der Waals surface area contributed by atoms with Gasteiger partial charge in [-0.3, -0.25) is 4.99 Å². The topological polar surface area (TPSA) is 21.6 Å². The molecule has 0 saturated heterocycles. The molecule has 0 amide bonds. The summed E-state index contributed by atoms with van der Waals surface area (Å²) in [6.07, 6.45) is 4.97. The SMILES string of the molecule is CC/C=C(\C=NC)COC. The molecule has 2 heteroatoms. The van der Waals surface area contributed by atoms with E-state index in [4.69, 9.17) is 4.74 Å². The molecule has 0 unspecified atom stereocenters. The molecule has 58 valence electrons. The Morgan fingerprint density at radius 2 is 2.30 bits per heavy atom. The van der Waals surface area contributed by atoms with Crippen molar-refractivity contribution in [3.8, 4) is 0 Å². The van der Waals surface area contributed by atoms with Crippen LogP contribution in [0, 0.1) is 0 Å². The van der Waals surface area contributed by atoms with Crippen molar-refractivity contribution in [3.63, 3.8) is 0 Å². The zero-order chi connectivity index (χ0) is 7.82. The predicted molar refractivity (Wildman–Crippen MR) is 44.7 cm³/mol. The lowest BCUT2D eigenvalue weighted by Crippen LogP contribution is -1.95. The largest absolute Gasteiger partial charge is 0.380 e. The lowest BCUT2D eigenvalue weighted by molar-refractivity contribution is 0.230. The van der Waals surface area contributed by atoms with E-state index in [2.05, 4.69) is 18.0 Å². The smallest absolute Gasteiger partial charge is 0.0724 e. The third kappa shape index (κ3) is 4.27. The standard InChI is InChI=1S/C8H15NO/c1-4-5-8(6-9-2)7-10-3/h5-6H,4,7H2,1-3H3/b8-5+,9-6?. The molecule has 0 aliphatic heterocycles. The average Bonchev–Trinajstić information content (AvgIpc) is 1.90. The van der Waals surface area contributed by atoms with Crippen LogP contribution in [0.1, 0.15) is 13.3 Å². The quantitative estimate of drug-likeness (QED) is 0.546. The van der Waals surface area contributed by atoms with E-state index in [1.54, 1.807) is 14.2 Å². The zero-order valence-corrected chi connectivity index (χ0v) is 6.92. The maximum Gasteiger partial charge on any atom is 0.0724 e. The van der Waals surface area contributed by atoms with Gasteiger partial charge in [-0.05, 0) is 12.0 Å². The first-order chi connectivity index (χ1) is 4.85. The van der Waals surface area contributed by atoms with Crippen LogP contribution >= 0.6 is 0 Å². The Balaban J connectivity index is 3.84. The van der Waals surface area contributed by atoms with Gasteiger partial charge < -0.3 is 4.74 Å². The van der Waals surface area contributed by atoms with Crippen molar-refractivity contribution in [2.45, 2.75) is 13.3 Å². The van der Waals surface area contributed by atoms with Crippen molar-refractivity contribution < 1.29 is 4.74 Å². The molecule has 0 aromatic rings. The van der Waals surface area contributed by atoms with Gasteiger partial charge in [-0.2, -0.15) is 0 Å². The minimum Gasteiger partial charge on any atom is -0.380 e. The van der Waals surface area contributed by atoms with Crippen LogP contribution in [0.4, 0.5) is 0 Å². The minimum atomic E-state index is 0.658. The molecule has 0 fully saturated rings. The minimum absolute atomic E-state index is 0.658. The van der Waals surface area contributed by atoms with Gasteiger partial charge in [0.2, 0.25) is 0 Å². The number of hydrogen-bond donors (Lipinski definition) is 0. The average molecular weight is 141 g/mol. The highest BCUT2D eigenvalue weighted by Crippen LogP contribution is 1.93. The van der Waals surface area contributed by atoms with Crippen LogP contribution in [0.15, 0.2) is 16.6 Å². The molecular formula is C8H15NO. The molecule has 0 aliphatic carbocycles. The van der Waals surface area contributed by atoms with E-state index in [0.29, 0.717) is 6.61 Å². The lowest BCUT2D eigenvalue weighted by atomic mass is 10.2. The summed E-state index contributed by atoms with van der Waals surface area (Å²) >= 11 is 0. The lowest BCUT2D eigenvalue weighted by Gasteiger charge is -1.97. The summed E-state index contributed by atoms with van der Waals surface area (Å²) in [4.78, 5) is 3.90.